The Morgan fingerprint density at radius 3 is 2.37 bits per heavy atom. The summed E-state index contributed by atoms with van der Waals surface area (Å²) in [4.78, 5) is 19.3. The van der Waals surface area contributed by atoms with Crippen molar-refractivity contribution in [2.45, 2.75) is 6.54 Å². The number of amides is 1. The number of carbonyl (C=O) groups excluding carboxylic acids is 1. The molecule has 4 rings (SSSR count). The topological polar surface area (TPSA) is 38.8 Å². The summed E-state index contributed by atoms with van der Waals surface area (Å²) < 4.78 is 13.1. The molecular formula is C29H33FN4O. The van der Waals surface area contributed by atoms with E-state index in [9.17, 15) is 9.18 Å². The average Bonchev–Trinajstić information content (AvgIpc) is 2.88. The maximum Gasteiger partial charge on any atom is 0.251 e. The van der Waals surface area contributed by atoms with Crippen LogP contribution < -0.4 is 15.1 Å². The van der Waals surface area contributed by atoms with Gasteiger partial charge in [0.15, 0.2) is 0 Å². The lowest BCUT2D eigenvalue weighted by Crippen LogP contribution is -2.46. The van der Waals surface area contributed by atoms with Gasteiger partial charge in [0.25, 0.3) is 5.91 Å². The van der Waals surface area contributed by atoms with Gasteiger partial charge in [0.2, 0.25) is 0 Å². The lowest BCUT2D eigenvalue weighted by atomic mass is 10.1. The Morgan fingerprint density at radius 1 is 0.971 bits per heavy atom. The molecule has 0 aliphatic carbocycles. The molecule has 1 amide bonds. The maximum absolute atomic E-state index is 13.1. The zero-order valence-corrected chi connectivity index (χ0v) is 20.5. The summed E-state index contributed by atoms with van der Waals surface area (Å²) in [5, 5.41) is 2.92. The molecule has 1 N–H and O–H groups in total. The first-order valence-electron chi connectivity index (χ1n) is 12.0. The predicted molar refractivity (Wildman–Crippen MR) is 142 cm³/mol. The number of carbonyl (C=O) groups is 1. The Labute approximate surface area is 207 Å². The van der Waals surface area contributed by atoms with Gasteiger partial charge in [0.1, 0.15) is 5.82 Å². The van der Waals surface area contributed by atoms with Crippen molar-refractivity contribution in [2.24, 2.45) is 0 Å². The van der Waals surface area contributed by atoms with E-state index in [-0.39, 0.29) is 11.7 Å². The summed E-state index contributed by atoms with van der Waals surface area (Å²) in [6.07, 6.45) is 4.43. The summed E-state index contributed by atoms with van der Waals surface area (Å²) in [7, 11) is 4.10. The fraction of sp³-hybridized carbons (Fsp3) is 0.276. The van der Waals surface area contributed by atoms with E-state index in [1.165, 1.54) is 41.2 Å². The zero-order chi connectivity index (χ0) is 24.6. The van der Waals surface area contributed by atoms with E-state index < -0.39 is 0 Å². The number of benzene rings is 3. The van der Waals surface area contributed by atoms with E-state index in [2.05, 4.69) is 82.7 Å². The van der Waals surface area contributed by atoms with Crippen molar-refractivity contribution in [2.75, 3.05) is 56.6 Å². The van der Waals surface area contributed by atoms with Gasteiger partial charge >= 0.3 is 0 Å². The molecular weight excluding hydrogens is 439 g/mol. The Morgan fingerprint density at radius 2 is 1.69 bits per heavy atom. The summed E-state index contributed by atoms with van der Waals surface area (Å²) in [5.74, 6) is -0.550. The molecule has 1 fully saturated rings. The number of nitrogens with zero attached hydrogens (tertiary/aromatic N) is 3. The highest BCUT2D eigenvalue weighted by Gasteiger charge is 2.16. The monoisotopic (exact) mass is 472 g/mol. The van der Waals surface area contributed by atoms with Crippen molar-refractivity contribution in [3.8, 4) is 0 Å². The molecule has 182 valence electrons. The highest BCUT2D eigenvalue weighted by atomic mass is 19.1. The summed E-state index contributed by atoms with van der Waals surface area (Å²) in [6, 6.07) is 22.5. The van der Waals surface area contributed by atoms with E-state index in [4.69, 9.17) is 0 Å². The standard InChI is InChI=1S/C29H33FN4O/c1-32(2)27-14-8-23(9-15-27)6-4-16-33-17-19-34(20-18-33)28-7-3-5-24(21-28)22-31-29(35)25-10-12-26(30)13-11-25/h3-15,21H,16-20,22H2,1-2H3,(H,31,35). The molecule has 3 aromatic carbocycles. The Bertz CT molecular complexity index is 1130. The number of rotatable bonds is 8. The van der Waals surface area contributed by atoms with Crippen LogP contribution in [0.1, 0.15) is 21.5 Å². The van der Waals surface area contributed by atoms with Gasteiger partial charge in [-0.25, -0.2) is 4.39 Å². The first-order chi connectivity index (χ1) is 17.0. The van der Waals surface area contributed by atoms with Crippen LogP contribution in [0.3, 0.4) is 0 Å². The van der Waals surface area contributed by atoms with Crippen molar-refractivity contribution in [1.29, 1.82) is 0 Å². The first-order valence-corrected chi connectivity index (χ1v) is 12.0. The predicted octanol–water partition coefficient (Wildman–Crippen LogP) is 4.66. The zero-order valence-electron chi connectivity index (χ0n) is 20.5. The molecule has 1 heterocycles. The molecule has 6 heteroatoms. The molecule has 3 aromatic rings. The van der Waals surface area contributed by atoms with Gasteiger partial charge in [-0.05, 0) is 59.7 Å². The van der Waals surface area contributed by atoms with Crippen LogP contribution >= 0.6 is 0 Å². The second-order valence-electron chi connectivity index (χ2n) is 9.04. The molecule has 1 aliphatic heterocycles. The molecule has 0 aromatic heterocycles. The lowest BCUT2D eigenvalue weighted by Gasteiger charge is -2.35. The van der Waals surface area contributed by atoms with Crippen molar-refractivity contribution >= 4 is 23.4 Å². The quantitative estimate of drug-likeness (QED) is 0.518. The highest BCUT2D eigenvalue weighted by Crippen LogP contribution is 2.19. The van der Waals surface area contributed by atoms with Gasteiger partial charge in [0.05, 0.1) is 0 Å². The number of anilines is 2. The van der Waals surface area contributed by atoms with E-state index in [1.807, 2.05) is 12.1 Å². The average molecular weight is 473 g/mol. The number of halogens is 1. The molecule has 1 saturated heterocycles. The van der Waals surface area contributed by atoms with Crippen LogP contribution in [0.4, 0.5) is 15.8 Å². The van der Waals surface area contributed by atoms with Gasteiger partial charge < -0.3 is 15.1 Å². The summed E-state index contributed by atoms with van der Waals surface area (Å²) in [5.41, 5.74) is 5.10. The number of nitrogens with one attached hydrogen (secondary N) is 1. The Balaban J connectivity index is 1.24. The van der Waals surface area contributed by atoms with Gasteiger partial charge in [-0.2, -0.15) is 0 Å². The molecule has 5 nitrogen and oxygen atoms in total. The van der Waals surface area contributed by atoms with Crippen LogP contribution in [0.2, 0.25) is 0 Å². The lowest BCUT2D eigenvalue weighted by molar-refractivity contribution is 0.0951. The van der Waals surface area contributed by atoms with Crippen LogP contribution in [0.25, 0.3) is 6.08 Å². The SMILES string of the molecule is CN(C)c1ccc(C=CCN2CCN(c3cccc(CNC(=O)c4ccc(F)cc4)c3)CC2)cc1. The second kappa shape index (κ2) is 11.7. The molecule has 0 saturated carbocycles. The smallest absolute Gasteiger partial charge is 0.251 e. The first kappa shape index (κ1) is 24.5. The molecule has 1 aliphatic rings. The number of piperazine rings is 1. The minimum Gasteiger partial charge on any atom is -0.378 e. The minimum atomic E-state index is -0.347. The molecule has 0 atom stereocenters. The minimum absolute atomic E-state index is 0.203. The third-order valence-corrected chi connectivity index (χ3v) is 6.29. The van der Waals surface area contributed by atoms with Gasteiger partial charge in [-0.3, -0.25) is 9.69 Å². The van der Waals surface area contributed by atoms with Gasteiger partial charge in [-0.15, -0.1) is 0 Å². The van der Waals surface area contributed by atoms with Crippen LogP contribution in [-0.2, 0) is 6.54 Å². The van der Waals surface area contributed by atoms with E-state index in [0.29, 0.717) is 12.1 Å². The van der Waals surface area contributed by atoms with E-state index in [0.717, 1.165) is 38.3 Å². The summed E-state index contributed by atoms with van der Waals surface area (Å²) >= 11 is 0. The van der Waals surface area contributed by atoms with E-state index in [1.54, 1.807) is 0 Å². The highest BCUT2D eigenvalue weighted by molar-refractivity contribution is 5.94. The summed E-state index contributed by atoms with van der Waals surface area (Å²) in [6.45, 7) is 5.33. The Hall–Kier alpha value is -3.64. The molecule has 0 bridgehead atoms. The second-order valence-corrected chi connectivity index (χ2v) is 9.04. The molecule has 0 unspecified atom stereocenters. The fourth-order valence-electron chi connectivity index (χ4n) is 4.16. The van der Waals surface area contributed by atoms with Crippen molar-refractivity contribution in [3.63, 3.8) is 0 Å². The number of hydrogen-bond acceptors (Lipinski definition) is 4. The van der Waals surface area contributed by atoms with Crippen LogP contribution in [0.15, 0.2) is 78.9 Å². The van der Waals surface area contributed by atoms with Crippen LogP contribution in [0, 0.1) is 5.82 Å². The van der Waals surface area contributed by atoms with Crippen molar-refractivity contribution in [1.82, 2.24) is 10.2 Å². The molecule has 0 radical (unpaired) electrons. The van der Waals surface area contributed by atoms with E-state index >= 15 is 0 Å². The van der Waals surface area contributed by atoms with Gasteiger partial charge in [0, 0.05) is 70.3 Å². The Kier molecular flexibility index (Phi) is 8.16. The largest absolute Gasteiger partial charge is 0.378 e. The van der Waals surface area contributed by atoms with Crippen molar-refractivity contribution < 1.29 is 9.18 Å². The number of hydrogen-bond donors (Lipinski definition) is 1. The molecule has 0 spiro atoms. The third kappa shape index (κ3) is 6.93. The van der Waals surface area contributed by atoms with Crippen molar-refractivity contribution in [3.05, 3.63) is 101 Å². The normalized spacial score (nSPS) is 14.3. The van der Waals surface area contributed by atoms with Crippen LogP contribution in [-0.4, -0.2) is 57.6 Å². The maximum atomic E-state index is 13.1. The van der Waals surface area contributed by atoms with Crippen LogP contribution in [0.5, 0.6) is 0 Å². The fourth-order valence-corrected chi connectivity index (χ4v) is 4.16. The third-order valence-electron chi connectivity index (χ3n) is 6.29. The molecule has 35 heavy (non-hydrogen) atoms. The van der Waals surface area contributed by atoms with Gasteiger partial charge in [-0.1, -0.05) is 36.4 Å².